The molecule has 4 aromatic carbocycles. The number of ether oxygens (including phenoxy) is 6. The quantitative estimate of drug-likeness (QED) is 0.107. The topological polar surface area (TPSA) is 130 Å². The van der Waals surface area contributed by atoms with E-state index in [0.717, 1.165) is 22.3 Å². The zero-order valence-corrected chi connectivity index (χ0v) is 28.5. The summed E-state index contributed by atoms with van der Waals surface area (Å²) in [6, 6.07) is 24.6. The van der Waals surface area contributed by atoms with Gasteiger partial charge >= 0.3 is 11.9 Å². The highest BCUT2D eigenvalue weighted by molar-refractivity contribution is 5.90. The molecule has 51 heavy (non-hydrogen) atoms. The molecule has 0 amide bonds. The van der Waals surface area contributed by atoms with Gasteiger partial charge in [-0.1, -0.05) is 36.1 Å². The standard InChI is InChI=1S/C41H40O10/c1-5-19-46-38-17-11-32(21-28(38)3)40(44)50-26-34(42)24-48-36-13-7-30(8-14-36)23-31-9-15-37(16-10-31)49-25-35(43)27-51-41(45)33-12-18-39(29(4)22-33)47-20-6-2/h1-2,7-18,21-22,34-35,42-43H,19-20,23-27H2,3-4H3. The van der Waals surface area contributed by atoms with Crippen LogP contribution in [0.2, 0.25) is 0 Å². The van der Waals surface area contributed by atoms with Gasteiger partial charge in [-0.15, -0.1) is 12.8 Å². The molecule has 0 fully saturated rings. The molecule has 0 heterocycles. The Hall–Kier alpha value is -5.94. The Morgan fingerprint density at radius 1 is 0.588 bits per heavy atom. The predicted octanol–water partition coefficient (Wildman–Crippen LogP) is 5.11. The van der Waals surface area contributed by atoms with Crippen LogP contribution in [0.5, 0.6) is 23.0 Å². The van der Waals surface area contributed by atoms with Gasteiger partial charge in [-0.2, -0.15) is 0 Å². The molecule has 0 saturated heterocycles. The van der Waals surface area contributed by atoms with Gasteiger partial charge in [0.25, 0.3) is 0 Å². The Morgan fingerprint density at radius 3 is 1.33 bits per heavy atom. The SMILES string of the molecule is C#CCOc1ccc(C(=O)OCC(O)COc2ccc(Cc3ccc(OCC(O)COC(=O)c4ccc(OCC#C)c(C)c4)cc3)cc2)cc1C. The van der Waals surface area contributed by atoms with Gasteiger partial charge < -0.3 is 38.6 Å². The Morgan fingerprint density at radius 2 is 0.980 bits per heavy atom. The minimum absolute atomic E-state index is 0.0549. The summed E-state index contributed by atoms with van der Waals surface area (Å²) in [6.07, 6.45) is 9.06. The van der Waals surface area contributed by atoms with Crippen LogP contribution in [-0.2, 0) is 15.9 Å². The highest BCUT2D eigenvalue weighted by Crippen LogP contribution is 2.22. The molecule has 2 N–H and O–H groups in total. The number of rotatable bonds is 18. The van der Waals surface area contributed by atoms with Crippen LogP contribution in [0, 0.1) is 38.5 Å². The Balaban J connectivity index is 1.14. The molecule has 10 nitrogen and oxygen atoms in total. The van der Waals surface area contributed by atoms with Crippen LogP contribution < -0.4 is 18.9 Å². The number of carbonyl (C=O) groups excluding carboxylic acids is 2. The van der Waals surface area contributed by atoms with E-state index in [-0.39, 0.29) is 39.6 Å². The first-order valence-electron chi connectivity index (χ1n) is 16.1. The lowest BCUT2D eigenvalue weighted by Gasteiger charge is -2.14. The molecule has 0 bridgehead atoms. The van der Waals surface area contributed by atoms with Gasteiger partial charge in [0.05, 0.1) is 11.1 Å². The monoisotopic (exact) mass is 692 g/mol. The third-order valence-electron chi connectivity index (χ3n) is 7.40. The average molecular weight is 693 g/mol. The van der Waals surface area contributed by atoms with Crippen molar-refractivity contribution < 1.29 is 48.2 Å². The summed E-state index contributed by atoms with van der Waals surface area (Å²) in [5.74, 6) is 5.95. The van der Waals surface area contributed by atoms with Crippen molar-refractivity contribution in [2.75, 3.05) is 39.6 Å². The summed E-state index contributed by atoms with van der Waals surface area (Å²) in [4.78, 5) is 24.8. The molecule has 4 rings (SSSR count). The number of esters is 2. The fourth-order valence-electron chi connectivity index (χ4n) is 4.75. The van der Waals surface area contributed by atoms with Gasteiger partial charge in [0.1, 0.15) is 74.8 Å². The lowest BCUT2D eigenvalue weighted by molar-refractivity contribution is 0.0127. The fraction of sp³-hybridized carbons (Fsp3) is 0.268. The van der Waals surface area contributed by atoms with E-state index in [9.17, 15) is 19.8 Å². The van der Waals surface area contributed by atoms with Crippen molar-refractivity contribution in [3.63, 3.8) is 0 Å². The van der Waals surface area contributed by atoms with Gasteiger partial charge in [0.15, 0.2) is 0 Å². The average Bonchev–Trinajstić information content (AvgIpc) is 3.14. The summed E-state index contributed by atoms with van der Waals surface area (Å²) in [7, 11) is 0. The summed E-state index contributed by atoms with van der Waals surface area (Å²) < 4.78 is 32.6. The molecule has 0 aliphatic rings. The van der Waals surface area contributed by atoms with Gasteiger partial charge in [0, 0.05) is 0 Å². The molecular weight excluding hydrogens is 652 g/mol. The number of carbonyl (C=O) groups is 2. The number of aliphatic hydroxyl groups excluding tert-OH is 2. The van der Waals surface area contributed by atoms with Crippen LogP contribution in [-0.4, -0.2) is 74.0 Å². The third-order valence-corrected chi connectivity index (χ3v) is 7.40. The molecule has 4 aromatic rings. The van der Waals surface area contributed by atoms with E-state index in [2.05, 4.69) is 11.8 Å². The largest absolute Gasteiger partial charge is 0.491 e. The van der Waals surface area contributed by atoms with E-state index in [1.54, 1.807) is 74.5 Å². The maximum absolute atomic E-state index is 12.4. The highest BCUT2D eigenvalue weighted by atomic mass is 16.6. The second kappa shape index (κ2) is 19.3. The molecule has 264 valence electrons. The lowest BCUT2D eigenvalue weighted by atomic mass is 10.0. The first kappa shape index (κ1) is 37.9. The van der Waals surface area contributed by atoms with E-state index in [1.165, 1.54) is 0 Å². The van der Waals surface area contributed by atoms with Crippen LogP contribution >= 0.6 is 0 Å². The van der Waals surface area contributed by atoms with Crippen molar-refractivity contribution in [1.29, 1.82) is 0 Å². The summed E-state index contributed by atoms with van der Waals surface area (Å²) in [5.41, 5.74) is 4.24. The van der Waals surface area contributed by atoms with Crippen molar-refractivity contribution in [3.8, 4) is 47.7 Å². The van der Waals surface area contributed by atoms with E-state index < -0.39 is 24.1 Å². The van der Waals surface area contributed by atoms with Crippen LogP contribution in [0.1, 0.15) is 43.0 Å². The van der Waals surface area contributed by atoms with Crippen molar-refractivity contribution in [2.24, 2.45) is 0 Å². The number of hydrogen-bond acceptors (Lipinski definition) is 10. The zero-order valence-electron chi connectivity index (χ0n) is 28.5. The Labute approximate surface area is 297 Å². The van der Waals surface area contributed by atoms with Gasteiger partial charge in [-0.3, -0.25) is 0 Å². The van der Waals surface area contributed by atoms with Crippen LogP contribution in [0.3, 0.4) is 0 Å². The number of aliphatic hydroxyl groups is 2. The normalized spacial score (nSPS) is 11.6. The summed E-state index contributed by atoms with van der Waals surface area (Å²) >= 11 is 0. The molecule has 0 radical (unpaired) electrons. The molecular formula is C41H40O10. The second-order valence-corrected chi connectivity index (χ2v) is 11.5. The first-order valence-corrected chi connectivity index (χ1v) is 16.1. The molecule has 2 atom stereocenters. The van der Waals surface area contributed by atoms with E-state index >= 15 is 0 Å². The maximum atomic E-state index is 12.4. The fourth-order valence-corrected chi connectivity index (χ4v) is 4.75. The van der Waals surface area contributed by atoms with Gasteiger partial charge in [-0.25, -0.2) is 9.59 Å². The Bertz CT molecular complexity index is 1700. The van der Waals surface area contributed by atoms with Crippen LogP contribution in [0.4, 0.5) is 0 Å². The molecule has 0 aromatic heterocycles. The van der Waals surface area contributed by atoms with E-state index in [1.807, 2.05) is 24.3 Å². The number of aryl methyl sites for hydroxylation is 2. The van der Waals surface area contributed by atoms with Crippen molar-refractivity contribution >= 4 is 11.9 Å². The molecule has 0 saturated carbocycles. The second-order valence-electron chi connectivity index (χ2n) is 11.5. The van der Waals surface area contributed by atoms with Crippen molar-refractivity contribution in [3.05, 3.63) is 118 Å². The summed E-state index contributed by atoms with van der Waals surface area (Å²) in [5, 5.41) is 20.6. The van der Waals surface area contributed by atoms with Gasteiger partial charge in [0.2, 0.25) is 0 Å². The van der Waals surface area contributed by atoms with Crippen LogP contribution in [0.25, 0.3) is 0 Å². The lowest BCUT2D eigenvalue weighted by Crippen LogP contribution is -2.25. The Kier molecular flexibility index (Phi) is 14.3. The highest BCUT2D eigenvalue weighted by Gasteiger charge is 2.15. The minimum Gasteiger partial charge on any atom is -0.491 e. The molecule has 2 unspecified atom stereocenters. The molecule has 0 aliphatic carbocycles. The zero-order chi connectivity index (χ0) is 36.6. The number of benzene rings is 4. The molecule has 0 aliphatic heterocycles. The third kappa shape index (κ3) is 12.2. The smallest absolute Gasteiger partial charge is 0.338 e. The first-order chi connectivity index (χ1) is 24.6. The van der Waals surface area contributed by atoms with Crippen molar-refractivity contribution in [2.45, 2.75) is 32.5 Å². The van der Waals surface area contributed by atoms with E-state index in [4.69, 9.17) is 41.3 Å². The minimum atomic E-state index is -1.02. The van der Waals surface area contributed by atoms with Gasteiger partial charge in [-0.05, 0) is 103 Å². The number of hydrogen-bond donors (Lipinski definition) is 2. The molecule has 10 heteroatoms. The van der Waals surface area contributed by atoms with Crippen LogP contribution in [0.15, 0.2) is 84.9 Å². The summed E-state index contributed by atoms with van der Waals surface area (Å²) in [6.45, 7) is 3.30. The predicted molar refractivity (Wildman–Crippen MR) is 190 cm³/mol. The van der Waals surface area contributed by atoms with Crippen molar-refractivity contribution in [1.82, 2.24) is 0 Å². The molecule has 0 spiro atoms. The van der Waals surface area contributed by atoms with E-state index in [0.29, 0.717) is 40.5 Å². The maximum Gasteiger partial charge on any atom is 0.338 e. The number of terminal acetylenes is 2.